The Bertz CT molecular complexity index is 644. The van der Waals surface area contributed by atoms with E-state index in [0.29, 0.717) is 6.61 Å². The summed E-state index contributed by atoms with van der Waals surface area (Å²) in [5.74, 6) is 1.91. The first kappa shape index (κ1) is 15.7. The predicted octanol–water partition coefficient (Wildman–Crippen LogP) is 3.49. The predicted molar refractivity (Wildman–Crippen MR) is 90.0 cm³/mol. The molecule has 0 amide bonds. The van der Waals surface area contributed by atoms with Crippen LogP contribution < -0.4 is 14.8 Å². The van der Waals surface area contributed by atoms with Gasteiger partial charge in [-0.2, -0.15) is 0 Å². The monoisotopic (exact) mass is 313 g/mol. The Balaban J connectivity index is 1.45. The van der Waals surface area contributed by atoms with Gasteiger partial charge in [-0.05, 0) is 43.5 Å². The molecule has 0 fully saturated rings. The van der Waals surface area contributed by atoms with Gasteiger partial charge in [0.15, 0.2) is 5.72 Å². The molecular weight excluding hydrogens is 290 g/mol. The molecule has 23 heavy (non-hydrogen) atoms. The van der Waals surface area contributed by atoms with Gasteiger partial charge in [-0.1, -0.05) is 24.3 Å². The van der Waals surface area contributed by atoms with Gasteiger partial charge in [0.1, 0.15) is 17.2 Å². The summed E-state index contributed by atoms with van der Waals surface area (Å²) in [6.07, 6.45) is 2.75. The molecule has 1 heterocycles. The zero-order valence-electron chi connectivity index (χ0n) is 13.4. The number of para-hydroxylation sites is 1. The largest absolute Gasteiger partial charge is 0.508 e. The van der Waals surface area contributed by atoms with E-state index in [1.165, 1.54) is 0 Å². The zero-order valence-corrected chi connectivity index (χ0v) is 13.4. The van der Waals surface area contributed by atoms with Crippen LogP contribution in [0.15, 0.2) is 48.5 Å². The zero-order chi connectivity index (χ0) is 16.1. The highest BCUT2D eigenvalue weighted by atomic mass is 16.5. The second-order valence-corrected chi connectivity index (χ2v) is 6.07. The summed E-state index contributed by atoms with van der Waals surface area (Å²) in [5, 5.41) is 13.1. The summed E-state index contributed by atoms with van der Waals surface area (Å²) >= 11 is 0. The fraction of sp³-hybridized carbons (Fsp3) is 0.368. The lowest BCUT2D eigenvalue weighted by Gasteiger charge is -2.36. The molecule has 4 nitrogen and oxygen atoms in total. The van der Waals surface area contributed by atoms with Crippen LogP contribution in [0.4, 0.5) is 0 Å². The minimum atomic E-state index is -0.395. The van der Waals surface area contributed by atoms with Crippen molar-refractivity contribution in [1.82, 2.24) is 5.32 Å². The molecule has 1 aliphatic heterocycles. The number of aromatic hydroxyl groups is 1. The highest BCUT2D eigenvalue weighted by molar-refractivity contribution is 5.41. The minimum absolute atomic E-state index is 0.240. The van der Waals surface area contributed by atoms with Gasteiger partial charge in [0.2, 0.25) is 0 Å². The Morgan fingerprint density at radius 3 is 2.87 bits per heavy atom. The number of hydrogen-bond acceptors (Lipinski definition) is 4. The highest BCUT2D eigenvalue weighted by Crippen LogP contribution is 2.34. The molecule has 0 radical (unpaired) electrons. The van der Waals surface area contributed by atoms with Crippen molar-refractivity contribution >= 4 is 0 Å². The topological polar surface area (TPSA) is 50.7 Å². The van der Waals surface area contributed by atoms with Crippen molar-refractivity contribution in [3.05, 3.63) is 54.1 Å². The molecule has 0 aliphatic carbocycles. The lowest BCUT2D eigenvalue weighted by atomic mass is 9.98. The fourth-order valence-electron chi connectivity index (χ4n) is 2.77. The van der Waals surface area contributed by atoms with Crippen LogP contribution in [0, 0.1) is 0 Å². The molecule has 2 aromatic rings. The number of benzene rings is 2. The molecule has 1 atom stereocenters. The average Bonchev–Trinajstić information content (AvgIpc) is 2.55. The maximum Gasteiger partial charge on any atom is 0.158 e. The maximum atomic E-state index is 9.60. The number of ether oxygens (including phenoxy) is 2. The third kappa shape index (κ3) is 4.17. The number of fused-ring (bicyclic) bond motifs is 1. The summed E-state index contributed by atoms with van der Waals surface area (Å²) in [7, 11) is 0. The van der Waals surface area contributed by atoms with Gasteiger partial charge in [0.25, 0.3) is 0 Å². The van der Waals surface area contributed by atoms with E-state index >= 15 is 0 Å². The summed E-state index contributed by atoms with van der Waals surface area (Å²) < 4.78 is 11.7. The Hall–Kier alpha value is -2.20. The molecule has 2 N–H and O–H groups in total. The highest BCUT2D eigenvalue weighted by Gasteiger charge is 2.30. The molecule has 122 valence electrons. The van der Waals surface area contributed by atoms with Crippen LogP contribution in [-0.2, 0) is 6.42 Å². The summed E-state index contributed by atoms with van der Waals surface area (Å²) in [6, 6.07) is 15.2. The smallest absolute Gasteiger partial charge is 0.158 e. The molecule has 1 unspecified atom stereocenters. The quantitative estimate of drug-likeness (QED) is 0.802. The SMILES string of the molecule is CC1(NCCCOc2ccccc2)CCc2ccc(O)cc2O1. The van der Waals surface area contributed by atoms with Crippen molar-refractivity contribution in [2.75, 3.05) is 13.2 Å². The molecule has 1 aliphatic rings. The molecule has 3 rings (SSSR count). The Labute approximate surface area is 137 Å². The molecule has 4 heteroatoms. The second kappa shape index (κ2) is 6.92. The van der Waals surface area contributed by atoms with Crippen LogP contribution in [0.3, 0.4) is 0 Å². The molecule has 0 bridgehead atoms. The summed E-state index contributed by atoms with van der Waals surface area (Å²) in [5.41, 5.74) is 0.752. The molecular formula is C19H23NO3. The lowest BCUT2D eigenvalue weighted by Crippen LogP contribution is -2.50. The lowest BCUT2D eigenvalue weighted by molar-refractivity contribution is 0.0293. The third-order valence-corrected chi connectivity index (χ3v) is 4.09. The number of phenolic OH excluding ortho intramolecular Hbond substituents is 1. The van der Waals surface area contributed by atoms with Gasteiger partial charge < -0.3 is 14.6 Å². The van der Waals surface area contributed by atoms with E-state index in [1.54, 1.807) is 12.1 Å². The molecule has 2 aromatic carbocycles. The van der Waals surface area contributed by atoms with Crippen molar-refractivity contribution in [2.24, 2.45) is 0 Å². The number of hydrogen-bond donors (Lipinski definition) is 2. The van der Waals surface area contributed by atoms with Crippen LogP contribution in [0.2, 0.25) is 0 Å². The van der Waals surface area contributed by atoms with E-state index in [2.05, 4.69) is 12.2 Å². The van der Waals surface area contributed by atoms with Gasteiger partial charge >= 0.3 is 0 Å². The third-order valence-electron chi connectivity index (χ3n) is 4.09. The summed E-state index contributed by atoms with van der Waals surface area (Å²) in [6.45, 7) is 3.54. The Morgan fingerprint density at radius 1 is 1.22 bits per heavy atom. The molecule has 0 spiro atoms. The van der Waals surface area contributed by atoms with Crippen LogP contribution >= 0.6 is 0 Å². The van der Waals surface area contributed by atoms with Gasteiger partial charge in [0, 0.05) is 19.0 Å². The number of phenols is 1. The Kier molecular flexibility index (Phi) is 4.72. The van der Waals surface area contributed by atoms with E-state index in [9.17, 15) is 5.11 Å². The second-order valence-electron chi connectivity index (χ2n) is 6.07. The van der Waals surface area contributed by atoms with Crippen molar-refractivity contribution in [3.63, 3.8) is 0 Å². The van der Waals surface area contributed by atoms with Crippen molar-refractivity contribution < 1.29 is 14.6 Å². The standard InChI is InChI=1S/C19H23NO3/c1-19(11-10-15-8-9-16(21)14-18(15)23-19)20-12-5-13-22-17-6-3-2-4-7-17/h2-4,6-9,14,20-21H,5,10-13H2,1H3. The van der Waals surface area contributed by atoms with Crippen LogP contribution in [0.5, 0.6) is 17.2 Å². The average molecular weight is 313 g/mol. The van der Waals surface area contributed by atoms with Gasteiger partial charge in [-0.25, -0.2) is 0 Å². The van der Waals surface area contributed by atoms with Gasteiger partial charge in [0.05, 0.1) is 6.61 Å². The fourth-order valence-corrected chi connectivity index (χ4v) is 2.77. The van der Waals surface area contributed by atoms with E-state index in [-0.39, 0.29) is 5.75 Å². The number of rotatable bonds is 6. The molecule has 0 saturated carbocycles. The van der Waals surface area contributed by atoms with Crippen LogP contribution in [0.25, 0.3) is 0 Å². The minimum Gasteiger partial charge on any atom is -0.508 e. The molecule has 0 aromatic heterocycles. The number of aryl methyl sites for hydroxylation is 1. The Morgan fingerprint density at radius 2 is 2.04 bits per heavy atom. The van der Waals surface area contributed by atoms with Crippen molar-refractivity contribution in [1.29, 1.82) is 0 Å². The molecule has 0 saturated heterocycles. The van der Waals surface area contributed by atoms with Crippen LogP contribution in [-0.4, -0.2) is 24.0 Å². The summed E-state index contributed by atoms with van der Waals surface area (Å²) in [4.78, 5) is 0. The van der Waals surface area contributed by atoms with E-state index in [1.807, 2.05) is 36.4 Å². The van der Waals surface area contributed by atoms with Crippen LogP contribution in [0.1, 0.15) is 25.3 Å². The van der Waals surface area contributed by atoms with Crippen molar-refractivity contribution in [3.8, 4) is 17.2 Å². The van der Waals surface area contributed by atoms with E-state index < -0.39 is 5.72 Å². The van der Waals surface area contributed by atoms with Crippen molar-refractivity contribution in [2.45, 2.75) is 31.9 Å². The van der Waals surface area contributed by atoms with E-state index in [4.69, 9.17) is 9.47 Å². The van der Waals surface area contributed by atoms with Gasteiger partial charge in [-0.3, -0.25) is 5.32 Å². The van der Waals surface area contributed by atoms with Gasteiger partial charge in [-0.15, -0.1) is 0 Å². The van der Waals surface area contributed by atoms with E-state index in [0.717, 1.165) is 42.9 Å². The first-order chi connectivity index (χ1) is 11.1. The number of nitrogens with one attached hydrogen (secondary N) is 1. The first-order valence-corrected chi connectivity index (χ1v) is 8.08. The maximum absolute atomic E-state index is 9.60. The first-order valence-electron chi connectivity index (χ1n) is 8.08. The normalized spacial score (nSPS) is 19.7.